The molecule has 1 aromatic rings. The highest BCUT2D eigenvalue weighted by molar-refractivity contribution is 5.85. The van der Waals surface area contributed by atoms with Crippen molar-refractivity contribution >= 4 is 24.8 Å². The maximum Gasteiger partial charge on any atom is 0.255 e. The molecular formula is C25H39Cl2N3O2. The van der Waals surface area contributed by atoms with Crippen molar-refractivity contribution in [3.05, 3.63) is 33.7 Å². The molecule has 7 rings (SSSR count). The van der Waals surface area contributed by atoms with E-state index in [1.807, 2.05) is 0 Å². The fourth-order valence-corrected chi connectivity index (χ4v) is 8.51. The van der Waals surface area contributed by atoms with Gasteiger partial charge in [-0.3, -0.25) is 9.69 Å². The van der Waals surface area contributed by atoms with E-state index >= 15 is 0 Å². The van der Waals surface area contributed by atoms with Gasteiger partial charge in [-0.1, -0.05) is 6.07 Å². The van der Waals surface area contributed by atoms with Crippen LogP contribution in [0.25, 0.3) is 0 Å². The van der Waals surface area contributed by atoms with Crippen LogP contribution < -0.4 is 10.9 Å². The number of aliphatic hydroxyl groups is 1. The van der Waals surface area contributed by atoms with Gasteiger partial charge in [-0.25, -0.2) is 0 Å². The number of nitrogens with zero attached hydrogens (tertiary/aromatic N) is 2. The Kier molecular flexibility index (Phi) is 7.34. The van der Waals surface area contributed by atoms with Crippen molar-refractivity contribution in [3.8, 4) is 0 Å². The molecule has 0 amide bonds. The predicted molar refractivity (Wildman–Crippen MR) is 132 cm³/mol. The predicted octanol–water partition coefficient (Wildman–Crippen LogP) is 3.41. The Hall–Kier alpha value is -0.590. The van der Waals surface area contributed by atoms with Crippen molar-refractivity contribution in [1.29, 1.82) is 0 Å². The maximum absolute atomic E-state index is 13.4. The summed E-state index contributed by atoms with van der Waals surface area (Å²) in [6.07, 6.45) is 9.73. The van der Waals surface area contributed by atoms with Gasteiger partial charge in [-0.2, -0.15) is 0 Å². The van der Waals surface area contributed by atoms with Gasteiger partial charge in [0.25, 0.3) is 5.56 Å². The van der Waals surface area contributed by atoms with E-state index in [-0.39, 0.29) is 37.0 Å². The number of halogens is 2. The number of hydrogen-bond acceptors (Lipinski definition) is 4. The molecule has 6 aliphatic rings. The van der Waals surface area contributed by atoms with Crippen LogP contribution in [0.3, 0.4) is 0 Å². The normalized spacial score (nSPS) is 36.4. The number of rotatable bonds is 6. The average molecular weight is 485 g/mol. The zero-order valence-electron chi connectivity index (χ0n) is 19.0. The molecule has 0 unspecified atom stereocenters. The van der Waals surface area contributed by atoms with Gasteiger partial charge >= 0.3 is 0 Å². The lowest BCUT2D eigenvalue weighted by molar-refractivity contribution is -0.0715. The first-order chi connectivity index (χ1) is 14.6. The van der Waals surface area contributed by atoms with E-state index in [0.29, 0.717) is 30.3 Å². The van der Waals surface area contributed by atoms with Gasteiger partial charge in [0, 0.05) is 49.9 Å². The molecule has 4 saturated carbocycles. The SMILES string of the molecule is Cl.Cl.O=c1c(CN(CCO)CC23CC4CC(CC(C4)C2)C3)ccc2n1C[C@@H]1CNC[C@H]2C1. The number of hydrogen-bond donors (Lipinski definition) is 2. The van der Waals surface area contributed by atoms with E-state index in [0.717, 1.165) is 49.5 Å². The van der Waals surface area contributed by atoms with Crippen molar-refractivity contribution in [2.24, 2.45) is 29.1 Å². The summed E-state index contributed by atoms with van der Waals surface area (Å²) in [5.74, 6) is 3.89. The second kappa shape index (κ2) is 9.58. The molecular weight excluding hydrogens is 445 g/mol. The third kappa shape index (κ3) is 4.40. The van der Waals surface area contributed by atoms with Crippen molar-refractivity contribution in [1.82, 2.24) is 14.8 Å². The first kappa shape index (κ1) is 24.5. The highest BCUT2D eigenvalue weighted by Gasteiger charge is 2.51. The van der Waals surface area contributed by atoms with Crippen molar-refractivity contribution < 1.29 is 5.11 Å². The number of nitrogens with one attached hydrogen (secondary N) is 1. The van der Waals surface area contributed by atoms with Crippen LogP contribution in [0.15, 0.2) is 16.9 Å². The molecule has 5 nitrogen and oxygen atoms in total. The minimum Gasteiger partial charge on any atom is -0.395 e. The molecule has 0 aromatic carbocycles. The fourth-order valence-electron chi connectivity index (χ4n) is 8.51. The molecule has 1 saturated heterocycles. The number of aliphatic hydroxyl groups excluding tert-OH is 1. The Morgan fingerprint density at radius 3 is 2.34 bits per heavy atom. The largest absolute Gasteiger partial charge is 0.395 e. The Morgan fingerprint density at radius 2 is 1.69 bits per heavy atom. The summed E-state index contributed by atoms with van der Waals surface area (Å²) in [5.41, 5.74) is 2.81. The minimum atomic E-state index is 0. The van der Waals surface area contributed by atoms with Crippen LogP contribution in [-0.4, -0.2) is 47.4 Å². The Balaban J connectivity index is 0.00000122. The number of piperidine rings is 1. The summed E-state index contributed by atoms with van der Waals surface area (Å²) < 4.78 is 2.08. The second-order valence-corrected chi connectivity index (χ2v) is 11.5. The fraction of sp³-hybridized carbons (Fsp3) is 0.800. The van der Waals surface area contributed by atoms with Gasteiger partial charge in [0.05, 0.1) is 6.61 Å². The van der Waals surface area contributed by atoms with Crippen molar-refractivity contribution in [2.45, 2.75) is 64.0 Å². The summed E-state index contributed by atoms with van der Waals surface area (Å²) in [5, 5.41) is 13.3. The third-order valence-electron chi connectivity index (χ3n) is 9.12. The second-order valence-electron chi connectivity index (χ2n) is 11.5. The Morgan fingerprint density at radius 1 is 1.00 bits per heavy atom. The number of fused-ring (bicyclic) bond motifs is 4. The first-order valence-corrected chi connectivity index (χ1v) is 12.4. The third-order valence-corrected chi connectivity index (χ3v) is 9.12. The molecule has 6 bridgehead atoms. The minimum absolute atomic E-state index is 0. The lowest BCUT2D eigenvalue weighted by Gasteiger charge is -2.58. The molecule has 7 heteroatoms. The highest BCUT2D eigenvalue weighted by atomic mass is 35.5. The molecule has 180 valence electrons. The molecule has 32 heavy (non-hydrogen) atoms. The van der Waals surface area contributed by atoms with Crippen LogP contribution in [0.4, 0.5) is 0 Å². The van der Waals surface area contributed by atoms with Crippen LogP contribution in [-0.2, 0) is 13.1 Å². The van der Waals surface area contributed by atoms with Gasteiger partial charge in [0.15, 0.2) is 0 Å². The Bertz CT molecular complexity index is 838. The van der Waals surface area contributed by atoms with Gasteiger partial charge in [-0.15, -0.1) is 24.8 Å². The zero-order chi connectivity index (χ0) is 20.3. The topological polar surface area (TPSA) is 57.5 Å². The van der Waals surface area contributed by atoms with Gasteiger partial charge in [0.1, 0.15) is 0 Å². The Labute approximate surface area is 204 Å². The summed E-state index contributed by atoms with van der Waals surface area (Å²) in [6.45, 7) is 5.50. The van der Waals surface area contributed by atoms with Crippen LogP contribution in [0.5, 0.6) is 0 Å². The lowest BCUT2D eigenvalue weighted by Crippen LogP contribution is -2.51. The van der Waals surface area contributed by atoms with E-state index in [1.54, 1.807) is 0 Å². The van der Waals surface area contributed by atoms with Crippen LogP contribution in [0.2, 0.25) is 0 Å². The standard InChI is InChI=1S/C25H37N3O2.2ClH/c29-4-3-27(16-25-9-17-5-18(10-25)7-19(6-17)11-25)15-21-1-2-23-22-8-20(12-26-13-22)14-28(23)24(21)30;;/h1-2,17-20,22,26,29H,3-16H2;2*1H/t17?,18?,19?,20-,22+,25?;;/m0../s1. The molecule has 0 spiro atoms. The van der Waals surface area contributed by atoms with E-state index in [9.17, 15) is 9.90 Å². The molecule has 5 fully saturated rings. The molecule has 2 N–H and O–H groups in total. The summed E-state index contributed by atoms with van der Waals surface area (Å²) >= 11 is 0. The quantitative estimate of drug-likeness (QED) is 0.650. The van der Waals surface area contributed by atoms with E-state index < -0.39 is 0 Å². The number of aromatic nitrogens is 1. The summed E-state index contributed by atoms with van der Waals surface area (Å²) in [4.78, 5) is 15.8. The smallest absolute Gasteiger partial charge is 0.255 e. The first-order valence-electron chi connectivity index (χ1n) is 12.4. The van der Waals surface area contributed by atoms with Crippen LogP contribution in [0.1, 0.15) is 62.1 Å². The van der Waals surface area contributed by atoms with Crippen molar-refractivity contribution in [3.63, 3.8) is 0 Å². The molecule has 1 aromatic heterocycles. The van der Waals surface area contributed by atoms with Crippen LogP contribution in [0, 0.1) is 29.1 Å². The number of pyridine rings is 1. The van der Waals surface area contributed by atoms with Gasteiger partial charge < -0.3 is 15.0 Å². The zero-order valence-corrected chi connectivity index (χ0v) is 20.6. The average Bonchev–Trinajstić information content (AvgIpc) is 2.70. The molecule has 4 aliphatic carbocycles. The molecule has 2 atom stereocenters. The molecule has 3 heterocycles. The van der Waals surface area contributed by atoms with E-state index in [4.69, 9.17) is 0 Å². The molecule has 0 radical (unpaired) electrons. The van der Waals surface area contributed by atoms with Crippen molar-refractivity contribution in [2.75, 3.05) is 32.8 Å². The van der Waals surface area contributed by atoms with Gasteiger partial charge in [0.2, 0.25) is 0 Å². The van der Waals surface area contributed by atoms with E-state index in [1.165, 1.54) is 50.6 Å². The summed E-state index contributed by atoms with van der Waals surface area (Å²) in [6, 6.07) is 4.31. The highest BCUT2D eigenvalue weighted by Crippen LogP contribution is 2.60. The monoisotopic (exact) mass is 483 g/mol. The maximum atomic E-state index is 13.4. The van der Waals surface area contributed by atoms with Crippen LogP contribution >= 0.6 is 24.8 Å². The molecule has 2 aliphatic heterocycles. The van der Waals surface area contributed by atoms with Gasteiger partial charge in [-0.05, 0) is 86.6 Å². The van der Waals surface area contributed by atoms with E-state index in [2.05, 4.69) is 26.9 Å². The lowest BCUT2D eigenvalue weighted by atomic mass is 9.49. The summed E-state index contributed by atoms with van der Waals surface area (Å²) in [7, 11) is 0.